The highest BCUT2D eigenvalue weighted by Crippen LogP contribution is 2.19. The zero-order valence-corrected chi connectivity index (χ0v) is 9.13. The molecule has 1 amide bonds. The van der Waals surface area contributed by atoms with Crippen molar-refractivity contribution in [3.05, 3.63) is 23.8 Å². The van der Waals surface area contributed by atoms with E-state index < -0.39 is 0 Å². The van der Waals surface area contributed by atoms with E-state index in [1.54, 1.807) is 25.2 Å². The topological polar surface area (TPSA) is 67.1 Å². The van der Waals surface area contributed by atoms with Gasteiger partial charge >= 0.3 is 0 Å². The molecular formula is C11H17N3O. The summed E-state index contributed by atoms with van der Waals surface area (Å²) in [6.07, 6.45) is 1.00. The predicted molar refractivity (Wildman–Crippen MR) is 63.0 cm³/mol. The lowest BCUT2D eigenvalue weighted by atomic mass is 10.1. The van der Waals surface area contributed by atoms with Gasteiger partial charge in [0.15, 0.2) is 0 Å². The molecule has 0 aliphatic carbocycles. The van der Waals surface area contributed by atoms with Gasteiger partial charge < -0.3 is 16.4 Å². The fourth-order valence-electron chi connectivity index (χ4n) is 1.30. The second kappa shape index (κ2) is 5.24. The summed E-state index contributed by atoms with van der Waals surface area (Å²) >= 11 is 0. The van der Waals surface area contributed by atoms with Gasteiger partial charge in [-0.2, -0.15) is 0 Å². The van der Waals surface area contributed by atoms with Crippen LogP contribution >= 0.6 is 0 Å². The first-order valence-corrected chi connectivity index (χ1v) is 5.04. The van der Waals surface area contributed by atoms with Gasteiger partial charge in [-0.3, -0.25) is 4.79 Å². The molecule has 0 fully saturated rings. The van der Waals surface area contributed by atoms with E-state index in [9.17, 15) is 4.79 Å². The Hall–Kier alpha value is -1.71. The highest BCUT2D eigenvalue weighted by molar-refractivity contribution is 6.00. The molecule has 0 saturated carbocycles. The molecule has 1 rings (SSSR count). The van der Waals surface area contributed by atoms with Crippen LogP contribution in [-0.4, -0.2) is 19.5 Å². The Kier molecular flexibility index (Phi) is 3.97. The summed E-state index contributed by atoms with van der Waals surface area (Å²) in [4.78, 5) is 11.5. The number of anilines is 2. The Labute approximate surface area is 89.9 Å². The number of hydrogen-bond acceptors (Lipinski definition) is 3. The van der Waals surface area contributed by atoms with Crippen molar-refractivity contribution in [2.24, 2.45) is 0 Å². The third kappa shape index (κ3) is 2.87. The Morgan fingerprint density at radius 2 is 2.20 bits per heavy atom. The molecule has 4 heteroatoms. The van der Waals surface area contributed by atoms with E-state index in [2.05, 4.69) is 17.6 Å². The lowest BCUT2D eigenvalue weighted by Gasteiger charge is -2.11. The molecule has 82 valence electrons. The maximum Gasteiger partial charge on any atom is 0.253 e. The number of nitrogens with two attached hydrogens (primary N) is 1. The summed E-state index contributed by atoms with van der Waals surface area (Å²) < 4.78 is 0. The molecule has 1 aromatic rings. The van der Waals surface area contributed by atoms with Crippen LogP contribution in [0.1, 0.15) is 23.7 Å². The molecule has 4 N–H and O–H groups in total. The van der Waals surface area contributed by atoms with Gasteiger partial charge in [0.25, 0.3) is 5.91 Å². The summed E-state index contributed by atoms with van der Waals surface area (Å²) in [5.74, 6) is -0.103. The van der Waals surface area contributed by atoms with Crippen molar-refractivity contribution in [3.63, 3.8) is 0 Å². The van der Waals surface area contributed by atoms with E-state index in [-0.39, 0.29) is 5.91 Å². The lowest BCUT2D eigenvalue weighted by Crippen LogP contribution is -2.20. The Morgan fingerprint density at radius 1 is 1.47 bits per heavy atom. The van der Waals surface area contributed by atoms with E-state index in [0.717, 1.165) is 18.7 Å². The lowest BCUT2D eigenvalue weighted by molar-refractivity contribution is 0.0964. The molecule has 0 unspecified atom stereocenters. The van der Waals surface area contributed by atoms with Gasteiger partial charge in [-0.05, 0) is 24.6 Å². The van der Waals surface area contributed by atoms with Crippen LogP contribution in [0.5, 0.6) is 0 Å². The quantitative estimate of drug-likeness (QED) is 0.655. The van der Waals surface area contributed by atoms with Gasteiger partial charge in [0, 0.05) is 25.0 Å². The maximum atomic E-state index is 11.5. The molecule has 0 aliphatic heterocycles. The van der Waals surface area contributed by atoms with Crippen LogP contribution in [0, 0.1) is 0 Å². The SMILES string of the molecule is CCCNc1cc(N)ccc1C(=O)NC. The standard InChI is InChI=1S/C11H17N3O/c1-3-6-14-10-7-8(12)4-5-9(10)11(15)13-2/h4-5,7,14H,3,6,12H2,1-2H3,(H,13,15). The number of carbonyl (C=O) groups excluding carboxylic acids is 1. The normalized spacial score (nSPS) is 9.73. The highest BCUT2D eigenvalue weighted by atomic mass is 16.1. The summed E-state index contributed by atoms with van der Waals surface area (Å²) in [5, 5.41) is 5.78. The molecule has 1 aromatic carbocycles. The summed E-state index contributed by atoms with van der Waals surface area (Å²) in [7, 11) is 1.61. The number of benzene rings is 1. The molecule has 0 atom stereocenters. The molecular weight excluding hydrogens is 190 g/mol. The molecule has 15 heavy (non-hydrogen) atoms. The Balaban J connectivity index is 2.97. The van der Waals surface area contributed by atoms with Crippen LogP contribution in [0.4, 0.5) is 11.4 Å². The molecule has 0 aromatic heterocycles. The van der Waals surface area contributed by atoms with Gasteiger partial charge in [-0.25, -0.2) is 0 Å². The monoisotopic (exact) mass is 207 g/mol. The van der Waals surface area contributed by atoms with Gasteiger partial charge in [0.2, 0.25) is 0 Å². The van der Waals surface area contributed by atoms with Crippen molar-refractivity contribution in [3.8, 4) is 0 Å². The third-order valence-electron chi connectivity index (χ3n) is 2.08. The van der Waals surface area contributed by atoms with E-state index in [0.29, 0.717) is 11.3 Å². The summed E-state index contributed by atoms with van der Waals surface area (Å²) in [5.41, 5.74) is 7.74. The van der Waals surface area contributed by atoms with Gasteiger partial charge in [0.05, 0.1) is 5.56 Å². The summed E-state index contributed by atoms with van der Waals surface area (Å²) in [6.45, 7) is 2.90. The van der Waals surface area contributed by atoms with E-state index in [1.165, 1.54) is 0 Å². The van der Waals surface area contributed by atoms with Crippen LogP contribution in [-0.2, 0) is 0 Å². The number of nitrogens with one attached hydrogen (secondary N) is 2. The second-order valence-corrected chi connectivity index (χ2v) is 3.31. The van der Waals surface area contributed by atoms with Crippen molar-refractivity contribution < 1.29 is 4.79 Å². The number of hydrogen-bond donors (Lipinski definition) is 3. The van der Waals surface area contributed by atoms with Crippen molar-refractivity contribution in [1.82, 2.24) is 5.32 Å². The Morgan fingerprint density at radius 3 is 2.80 bits per heavy atom. The zero-order valence-electron chi connectivity index (χ0n) is 9.13. The average molecular weight is 207 g/mol. The van der Waals surface area contributed by atoms with E-state index in [4.69, 9.17) is 5.73 Å². The number of carbonyl (C=O) groups is 1. The minimum atomic E-state index is -0.103. The summed E-state index contributed by atoms with van der Waals surface area (Å²) in [6, 6.07) is 5.23. The first kappa shape index (κ1) is 11.4. The number of amides is 1. The second-order valence-electron chi connectivity index (χ2n) is 3.31. The molecule has 0 bridgehead atoms. The van der Waals surface area contributed by atoms with Crippen LogP contribution in [0.2, 0.25) is 0 Å². The van der Waals surface area contributed by atoms with Crippen molar-refractivity contribution in [2.45, 2.75) is 13.3 Å². The first-order valence-electron chi connectivity index (χ1n) is 5.04. The number of nitrogen functional groups attached to an aromatic ring is 1. The predicted octanol–water partition coefficient (Wildman–Crippen LogP) is 1.45. The molecule has 0 saturated heterocycles. The Bertz CT molecular complexity index is 350. The highest BCUT2D eigenvalue weighted by Gasteiger charge is 2.09. The molecule has 4 nitrogen and oxygen atoms in total. The van der Waals surface area contributed by atoms with Crippen LogP contribution in [0.15, 0.2) is 18.2 Å². The largest absolute Gasteiger partial charge is 0.399 e. The smallest absolute Gasteiger partial charge is 0.253 e. The minimum absolute atomic E-state index is 0.103. The van der Waals surface area contributed by atoms with Crippen molar-refractivity contribution in [2.75, 3.05) is 24.6 Å². The fourth-order valence-corrected chi connectivity index (χ4v) is 1.30. The molecule has 0 aliphatic rings. The van der Waals surface area contributed by atoms with E-state index in [1.807, 2.05) is 0 Å². The van der Waals surface area contributed by atoms with Crippen LogP contribution in [0.25, 0.3) is 0 Å². The van der Waals surface area contributed by atoms with Crippen LogP contribution in [0.3, 0.4) is 0 Å². The third-order valence-corrected chi connectivity index (χ3v) is 2.08. The minimum Gasteiger partial charge on any atom is -0.399 e. The zero-order chi connectivity index (χ0) is 11.3. The van der Waals surface area contributed by atoms with E-state index >= 15 is 0 Å². The van der Waals surface area contributed by atoms with Gasteiger partial charge in [-0.1, -0.05) is 6.92 Å². The van der Waals surface area contributed by atoms with Crippen molar-refractivity contribution >= 4 is 17.3 Å². The van der Waals surface area contributed by atoms with Gasteiger partial charge in [0.1, 0.15) is 0 Å². The van der Waals surface area contributed by atoms with Crippen LogP contribution < -0.4 is 16.4 Å². The molecule has 0 radical (unpaired) electrons. The average Bonchev–Trinajstić information content (AvgIpc) is 2.25. The fraction of sp³-hybridized carbons (Fsp3) is 0.364. The van der Waals surface area contributed by atoms with Crippen molar-refractivity contribution in [1.29, 1.82) is 0 Å². The molecule has 0 spiro atoms. The number of rotatable bonds is 4. The molecule has 0 heterocycles. The first-order chi connectivity index (χ1) is 7.19. The van der Waals surface area contributed by atoms with Gasteiger partial charge in [-0.15, -0.1) is 0 Å². The maximum absolute atomic E-state index is 11.5.